The van der Waals surface area contributed by atoms with E-state index in [0.717, 1.165) is 5.69 Å². The first-order valence-electron chi connectivity index (χ1n) is 6.72. The van der Waals surface area contributed by atoms with E-state index in [-0.39, 0.29) is 11.8 Å². The van der Waals surface area contributed by atoms with Gasteiger partial charge < -0.3 is 15.5 Å². The third-order valence-electron chi connectivity index (χ3n) is 3.03. The number of carbonyl (C=O) groups excluding carboxylic acids is 1. The van der Waals surface area contributed by atoms with Crippen molar-refractivity contribution in [2.75, 3.05) is 30.4 Å². The van der Waals surface area contributed by atoms with Crippen molar-refractivity contribution in [2.45, 2.75) is 0 Å². The summed E-state index contributed by atoms with van der Waals surface area (Å²) in [5, 5.41) is 5.41. The monoisotopic (exact) mass is 287 g/mol. The Hall–Kier alpha value is -2.56. The third-order valence-corrected chi connectivity index (χ3v) is 3.03. The predicted octanol–water partition coefficient (Wildman–Crippen LogP) is 3.08. The lowest BCUT2D eigenvalue weighted by atomic mass is 10.3. The molecule has 0 spiro atoms. The van der Waals surface area contributed by atoms with Crippen LogP contribution in [0.3, 0.4) is 0 Å². The lowest BCUT2D eigenvalue weighted by Crippen LogP contribution is -2.35. The van der Waals surface area contributed by atoms with Crippen molar-refractivity contribution in [3.8, 4) is 0 Å². The van der Waals surface area contributed by atoms with E-state index in [1.165, 1.54) is 24.3 Å². The number of benzene rings is 2. The van der Waals surface area contributed by atoms with Crippen molar-refractivity contribution < 1.29 is 9.18 Å². The number of rotatable bonds is 5. The summed E-state index contributed by atoms with van der Waals surface area (Å²) in [6.45, 7) is 1.21. The van der Waals surface area contributed by atoms with Gasteiger partial charge in [-0.25, -0.2) is 9.18 Å². The fourth-order valence-electron chi connectivity index (χ4n) is 1.86. The van der Waals surface area contributed by atoms with Gasteiger partial charge in [-0.2, -0.15) is 0 Å². The van der Waals surface area contributed by atoms with E-state index in [2.05, 4.69) is 15.5 Å². The quantitative estimate of drug-likeness (QED) is 0.887. The maximum atomic E-state index is 12.7. The van der Waals surface area contributed by atoms with Gasteiger partial charge in [0.25, 0.3) is 0 Å². The molecule has 110 valence electrons. The molecule has 0 atom stereocenters. The highest BCUT2D eigenvalue weighted by molar-refractivity contribution is 5.89. The lowest BCUT2D eigenvalue weighted by molar-refractivity contribution is 0.252. The second-order valence-electron chi connectivity index (χ2n) is 4.64. The van der Waals surface area contributed by atoms with Crippen LogP contribution in [0.2, 0.25) is 0 Å². The Morgan fingerprint density at radius 3 is 2.43 bits per heavy atom. The van der Waals surface area contributed by atoms with Crippen molar-refractivity contribution in [2.24, 2.45) is 0 Å². The topological polar surface area (TPSA) is 44.4 Å². The third kappa shape index (κ3) is 4.80. The molecule has 0 heterocycles. The van der Waals surface area contributed by atoms with Crippen LogP contribution in [0.5, 0.6) is 0 Å². The molecule has 0 fully saturated rings. The second kappa shape index (κ2) is 7.28. The van der Waals surface area contributed by atoms with E-state index in [9.17, 15) is 9.18 Å². The van der Waals surface area contributed by atoms with Crippen molar-refractivity contribution in [3.63, 3.8) is 0 Å². The van der Waals surface area contributed by atoms with E-state index in [1.807, 2.05) is 37.4 Å². The zero-order valence-electron chi connectivity index (χ0n) is 11.8. The van der Waals surface area contributed by atoms with Crippen LogP contribution in [0.1, 0.15) is 0 Å². The van der Waals surface area contributed by atoms with Gasteiger partial charge in [-0.15, -0.1) is 0 Å². The number of hydrogen-bond donors (Lipinski definition) is 2. The van der Waals surface area contributed by atoms with Crippen molar-refractivity contribution in [1.29, 1.82) is 0 Å². The van der Waals surface area contributed by atoms with Crippen LogP contribution in [0.4, 0.5) is 20.6 Å². The number of likely N-dealkylation sites (N-methyl/N-ethyl adjacent to an activating group) is 1. The molecule has 0 radical (unpaired) electrons. The minimum atomic E-state index is -0.328. The number of halogens is 1. The summed E-state index contributed by atoms with van der Waals surface area (Å²) in [6.07, 6.45) is 0. The van der Waals surface area contributed by atoms with Gasteiger partial charge in [0, 0.05) is 31.5 Å². The van der Waals surface area contributed by atoms with E-state index in [4.69, 9.17) is 0 Å². The van der Waals surface area contributed by atoms with Gasteiger partial charge in [-0.1, -0.05) is 18.2 Å². The van der Waals surface area contributed by atoms with Gasteiger partial charge in [0.2, 0.25) is 0 Å². The first-order chi connectivity index (χ1) is 10.1. The van der Waals surface area contributed by atoms with Crippen molar-refractivity contribution >= 4 is 17.4 Å². The highest BCUT2D eigenvalue weighted by Crippen LogP contribution is 2.10. The van der Waals surface area contributed by atoms with Gasteiger partial charge in [0.15, 0.2) is 0 Å². The molecule has 2 N–H and O–H groups in total. The van der Waals surface area contributed by atoms with E-state index >= 15 is 0 Å². The minimum absolute atomic E-state index is 0.303. The maximum Gasteiger partial charge on any atom is 0.319 e. The number of carbonyl (C=O) groups is 1. The van der Waals surface area contributed by atoms with Crippen molar-refractivity contribution in [1.82, 2.24) is 5.32 Å². The fourth-order valence-corrected chi connectivity index (χ4v) is 1.86. The smallest absolute Gasteiger partial charge is 0.319 e. The summed E-state index contributed by atoms with van der Waals surface area (Å²) >= 11 is 0. The molecule has 0 aliphatic rings. The van der Waals surface area contributed by atoms with Gasteiger partial charge >= 0.3 is 6.03 Å². The molecule has 0 aromatic heterocycles. The van der Waals surface area contributed by atoms with Gasteiger partial charge in [-0.05, 0) is 36.4 Å². The van der Waals surface area contributed by atoms with E-state index < -0.39 is 0 Å². The molecule has 4 nitrogen and oxygen atoms in total. The van der Waals surface area contributed by atoms with Crippen LogP contribution in [0.25, 0.3) is 0 Å². The zero-order valence-corrected chi connectivity index (χ0v) is 11.8. The first kappa shape index (κ1) is 14.8. The standard InChI is InChI=1S/C16H18FN3O/c1-20(15-5-3-2-4-6-15)12-11-18-16(21)19-14-9-7-13(17)8-10-14/h2-10H,11-12H2,1H3,(H2,18,19,21). The summed E-state index contributed by atoms with van der Waals surface area (Å²) in [7, 11) is 1.97. The van der Waals surface area contributed by atoms with Gasteiger partial charge in [0.05, 0.1) is 0 Å². The lowest BCUT2D eigenvalue weighted by Gasteiger charge is -2.19. The molecule has 0 bridgehead atoms. The largest absolute Gasteiger partial charge is 0.373 e. The molecular weight excluding hydrogens is 269 g/mol. The molecule has 0 unspecified atom stereocenters. The molecule has 2 aromatic rings. The highest BCUT2D eigenvalue weighted by atomic mass is 19.1. The predicted molar refractivity (Wildman–Crippen MR) is 83.1 cm³/mol. The zero-order chi connectivity index (χ0) is 15.1. The number of urea groups is 1. The molecule has 2 amide bonds. The molecule has 2 aromatic carbocycles. The summed E-state index contributed by atoms with van der Waals surface area (Å²) in [4.78, 5) is 13.7. The number of hydrogen-bond acceptors (Lipinski definition) is 2. The van der Waals surface area contributed by atoms with Gasteiger partial charge in [-0.3, -0.25) is 0 Å². The van der Waals surface area contributed by atoms with Crippen molar-refractivity contribution in [3.05, 3.63) is 60.4 Å². The molecule has 0 saturated heterocycles. The summed E-state index contributed by atoms with van der Waals surface area (Å²) in [6, 6.07) is 15.3. The van der Waals surface area contributed by atoms with Crippen LogP contribution in [0, 0.1) is 5.82 Å². The van der Waals surface area contributed by atoms with Crippen LogP contribution >= 0.6 is 0 Å². The van der Waals surface area contributed by atoms with E-state index in [0.29, 0.717) is 18.8 Å². The summed E-state index contributed by atoms with van der Waals surface area (Å²) in [5.74, 6) is -0.328. The molecule has 5 heteroatoms. The maximum absolute atomic E-state index is 12.7. The van der Waals surface area contributed by atoms with Crippen LogP contribution in [-0.2, 0) is 0 Å². The molecule has 0 aliphatic carbocycles. The first-order valence-corrected chi connectivity index (χ1v) is 6.72. The molecular formula is C16H18FN3O. The Balaban J connectivity index is 1.73. The highest BCUT2D eigenvalue weighted by Gasteiger charge is 2.03. The number of amides is 2. The Morgan fingerprint density at radius 1 is 1.10 bits per heavy atom. The Labute approximate surface area is 123 Å². The second-order valence-corrected chi connectivity index (χ2v) is 4.64. The normalized spacial score (nSPS) is 10.0. The molecule has 21 heavy (non-hydrogen) atoms. The average Bonchev–Trinajstić information content (AvgIpc) is 2.50. The number of para-hydroxylation sites is 1. The molecule has 0 saturated carbocycles. The fraction of sp³-hybridized carbons (Fsp3) is 0.188. The van der Waals surface area contributed by atoms with E-state index in [1.54, 1.807) is 0 Å². The summed E-state index contributed by atoms with van der Waals surface area (Å²) < 4.78 is 12.7. The van der Waals surface area contributed by atoms with Crippen LogP contribution < -0.4 is 15.5 Å². The SMILES string of the molecule is CN(CCNC(=O)Nc1ccc(F)cc1)c1ccccc1. The van der Waals surface area contributed by atoms with Gasteiger partial charge in [0.1, 0.15) is 5.82 Å². The molecule has 0 aliphatic heterocycles. The number of nitrogens with one attached hydrogen (secondary N) is 2. The van der Waals surface area contributed by atoms with Crippen LogP contribution in [-0.4, -0.2) is 26.2 Å². The Bertz CT molecular complexity index is 572. The number of nitrogens with zero attached hydrogens (tertiary/aromatic N) is 1. The Morgan fingerprint density at radius 2 is 1.76 bits per heavy atom. The minimum Gasteiger partial charge on any atom is -0.373 e. The number of anilines is 2. The van der Waals surface area contributed by atoms with Crippen LogP contribution in [0.15, 0.2) is 54.6 Å². The Kier molecular flexibility index (Phi) is 5.15. The summed E-state index contributed by atoms with van der Waals surface area (Å²) in [5.41, 5.74) is 1.66. The molecule has 2 rings (SSSR count). The average molecular weight is 287 g/mol.